The van der Waals surface area contributed by atoms with Gasteiger partial charge in [0, 0.05) is 32.2 Å². The molecule has 1 heterocycles. The molecule has 19 heavy (non-hydrogen) atoms. The molecule has 5 heteroatoms. The van der Waals surface area contributed by atoms with E-state index in [1.807, 2.05) is 0 Å². The van der Waals surface area contributed by atoms with Gasteiger partial charge in [-0.25, -0.2) is 0 Å². The Kier molecular flexibility index (Phi) is 8.06. The lowest BCUT2D eigenvalue weighted by molar-refractivity contribution is 0.285. The van der Waals surface area contributed by atoms with E-state index in [9.17, 15) is 0 Å². The Bertz CT molecular complexity index is 273. The molecule has 0 unspecified atom stereocenters. The highest BCUT2D eigenvalue weighted by molar-refractivity contribution is 14.0. The van der Waals surface area contributed by atoms with Crippen molar-refractivity contribution in [3.63, 3.8) is 0 Å². The van der Waals surface area contributed by atoms with Gasteiger partial charge in [0.1, 0.15) is 0 Å². The minimum absolute atomic E-state index is 0. The summed E-state index contributed by atoms with van der Waals surface area (Å²) >= 11 is 0. The number of hydrogen-bond acceptors (Lipinski definition) is 2. The second-order valence-corrected chi connectivity index (χ2v) is 5.29. The SMILES string of the molecule is CCNC(=NCCN(CC)C1CC1)N1CCCC1.I. The van der Waals surface area contributed by atoms with Crippen LogP contribution in [0, 0.1) is 0 Å². The molecule has 112 valence electrons. The highest BCUT2D eigenvalue weighted by Gasteiger charge is 2.27. The van der Waals surface area contributed by atoms with E-state index in [1.54, 1.807) is 0 Å². The Balaban J connectivity index is 0.00000180. The summed E-state index contributed by atoms with van der Waals surface area (Å²) in [5.41, 5.74) is 0. The second-order valence-electron chi connectivity index (χ2n) is 5.29. The molecule has 1 N–H and O–H groups in total. The third kappa shape index (κ3) is 5.45. The molecule has 0 aromatic heterocycles. The van der Waals surface area contributed by atoms with E-state index >= 15 is 0 Å². The summed E-state index contributed by atoms with van der Waals surface area (Å²) in [6.45, 7) is 10.9. The van der Waals surface area contributed by atoms with Crippen molar-refractivity contribution in [2.45, 2.75) is 45.6 Å². The molecule has 2 fully saturated rings. The van der Waals surface area contributed by atoms with Crippen LogP contribution in [0.3, 0.4) is 0 Å². The van der Waals surface area contributed by atoms with Gasteiger partial charge in [-0.05, 0) is 39.2 Å². The van der Waals surface area contributed by atoms with Gasteiger partial charge in [0.2, 0.25) is 0 Å². The van der Waals surface area contributed by atoms with Crippen LogP contribution in [0.5, 0.6) is 0 Å². The molecule has 1 aliphatic carbocycles. The second kappa shape index (κ2) is 9.00. The molecule has 0 bridgehead atoms. The van der Waals surface area contributed by atoms with Gasteiger partial charge < -0.3 is 10.2 Å². The van der Waals surface area contributed by atoms with Crippen LogP contribution in [0.25, 0.3) is 0 Å². The predicted molar refractivity (Wildman–Crippen MR) is 92.5 cm³/mol. The third-order valence-corrected chi connectivity index (χ3v) is 3.86. The molecule has 4 nitrogen and oxygen atoms in total. The van der Waals surface area contributed by atoms with Crippen LogP contribution in [0.4, 0.5) is 0 Å². The molecule has 0 amide bonds. The topological polar surface area (TPSA) is 30.9 Å². The number of hydrogen-bond donors (Lipinski definition) is 1. The van der Waals surface area contributed by atoms with E-state index in [4.69, 9.17) is 4.99 Å². The van der Waals surface area contributed by atoms with E-state index in [0.29, 0.717) is 0 Å². The first kappa shape index (κ1) is 17.0. The maximum absolute atomic E-state index is 4.78. The minimum atomic E-state index is 0. The molecule has 1 saturated carbocycles. The number of aliphatic imine (C=N–C) groups is 1. The van der Waals surface area contributed by atoms with Crippen molar-refractivity contribution >= 4 is 29.9 Å². The molecule has 2 aliphatic rings. The summed E-state index contributed by atoms with van der Waals surface area (Å²) in [5, 5.41) is 3.42. The highest BCUT2D eigenvalue weighted by atomic mass is 127. The molecule has 1 saturated heterocycles. The van der Waals surface area contributed by atoms with Gasteiger partial charge in [-0.1, -0.05) is 6.92 Å². The lowest BCUT2D eigenvalue weighted by Gasteiger charge is -2.22. The van der Waals surface area contributed by atoms with Crippen LogP contribution in [-0.2, 0) is 0 Å². The fraction of sp³-hybridized carbons (Fsp3) is 0.929. The Morgan fingerprint density at radius 3 is 2.47 bits per heavy atom. The van der Waals surface area contributed by atoms with Crippen molar-refractivity contribution in [1.29, 1.82) is 0 Å². The van der Waals surface area contributed by atoms with Crippen molar-refractivity contribution in [2.75, 3.05) is 39.3 Å². The van der Waals surface area contributed by atoms with Gasteiger partial charge in [0.25, 0.3) is 0 Å². The molecular formula is C14H29IN4. The van der Waals surface area contributed by atoms with Gasteiger partial charge in [-0.15, -0.1) is 24.0 Å². The van der Waals surface area contributed by atoms with Crippen molar-refractivity contribution < 1.29 is 0 Å². The molecule has 0 aromatic carbocycles. The summed E-state index contributed by atoms with van der Waals surface area (Å²) in [7, 11) is 0. The zero-order valence-corrected chi connectivity index (χ0v) is 14.7. The zero-order chi connectivity index (χ0) is 12.8. The smallest absolute Gasteiger partial charge is 0.193 e. The summed E-state index contributed by atoms with van der Waals surface area (Å²) in [6, 6.07) is 0.861. The average molecular weight is 380 g/mol. The molecular weight excluding hydrogens is 351 g/mol. The number of likely N-dealkylation sites (N-methyl/N-ethyl adjacent to an activating group) is 1. The van der Waals surface area contributed by atoms with Crippen molar-refractivity contribution in [2.24, 2.45) is 4.99 Å². The van der Waals surface area contributed by atoms with E-state index < -0.39 is 0 Å². The molecule has 2 rings (SSSR count). The van der Waals surface area contributed by atoms with Crippen molar-refractivity contribution in [3.05, 3.63) is 0 Å². The van der Waals surface area contributed by atoms with Gasteiger partial charge in [-0.2, -0.15) is 0 Å². The summed E-state index contributed by atoms with van der Waals surface area (Å²) in [5.74, 6) is 1.13. The van der Waals surface area contributed by atoms with Crippen LogP contribution in [0.1, 0.15) is 39.5 Å². The lowest BCUT2D eigenvalue weighted by atomic mass is 10.4. The Morgan fingerprint density at radius 2 is 1.95 bits per heavy atom. The number of nitrogens with zero attached hydrogens (tertiary/aromatic N) is 3. The predicted octanol–water partition coefficient (Wildman–Crippen LogP) is 2.15. The van der Waals surface area contributed by atoms with Crippen LogP contribution >= 0.6 is 24.0 Å². The quantitative estimate of drug-likeness (QED) is 0.435. The number of likely N-dealkylation sites (tertiary alicyclic amines) is 1. The Labute approximate surface area is 135 Å². The molecule has 1 aliphatic heterocycles. The van der Waals surface area contributed by atoms with Crippen LogP contribution in [0.15, 0.2) is 4.99 Å². The standard InChI is InChI=1S/C14H28N4.HI/c1-3-15-14(18-10-5-6-11-18)16-9-12-17(4-2)13-7-8-13;/h13H,3-12H2,1-2H3,(H,15,16);1H. The first-order chi connectivity index (χ1) is 8.85. The zero-order valence-electron chi connectivity index (χ0n) is 12.4. The number of rotatable bonds is 6. The molecule has 0 atom stereocenters. The number of guanidine groups is 1. The van der Waals surface area contributed by atoms with Gasteiger partial charge >= 0.3 is 0 Å². The maximum atomic E-state index is 4.78. The van der Waals surface area contributed by atoms with E-state index in [1.165, 1.54) is 45.3 Å². The average Bonchev–Trinajstić information content (AvgIpc) is 3.07. The van der Waals surface area contributed by atoms with Gasteiger partial charge in [0.15, 0.2) is 5.96 Å². The molecule has 0 aromatic rings. The Morgan fingerprint density at radius 1 is 1.26 bits per heavy atom. The van der Waals surface area contributed by atoms with Crippen LogP contribution < -0.4 is 5.32 Å². The monoisotopic (exact) mass is 380 g/mol. The summed E-state index contributed by atoms with van der Waals surface area (Å²) in [6.07, 6.45) is 5.41. The largest absolute Gasteiger partial charge is 0.357 e. The van der Waals surface area contributed by atoms with E-state index in [-0.39, 0.29) is 24.0 Å². The first-order valence-corrected chi connectivity index (χ1v) is 7.62. The van der Waals surface area contributed by atoms with Crippen LogP contribution in [0.2, 0.25) is 0 Å². The van der Waals surface area contributed by atoms with E-state index in [0.717, 1.165) is 31.6 Å². The van der Waals surface area contributed by atoms with Crippen LogP contribution in [-0.4, -0.2) is 61.1 Å². The summed E-state index contributed by atoms with van der Waals surface area (Å²) < 4.78 is 0. The van der Waals surface area contributed by atoms with Crippen molar-refractivity contribution in [1.82, 2.24) is 15.1 Å². The lowest BCUT2D eigenvalue weighted by Crippen LogP contribution is -2.40. The normalized spacial score (nSPS) is 19.7. The maximum Gasteiger partial charge on any atom is 0.193 e. The third-order valence-electron chi connectivity index (χ3n) is 3.86. The minimum Gasteiger partial charge on any atom is -0.357 e. The van der Waals surface area contributed by atoms with Gasteiger partial charge in [-0.3, -0.25) is 9.89 Å². The Hall–Kier alpha value is -0.0400. The highest BCUT2D eigenvalue weighted by Crippen LogP contribution is 2.25. The molecule has 0 radical (unpaired) electrons. The fourth-order valence-corrected chi connectivity index (χ4v) is 2.68. The first-order valence-electron chi connectivity index (χ1n) is 7.62. The van der Waals surface area contributed by atoms with Crippen molar-refractivity contribution in [3.8, 4) is 0 Å². The number of halogens is 1. The van der Waals surface area contributed by atoms with E-state index in [2.05, 4.69) is 29.0 Å². The molecule has 0 spiro atoms. The van der Waals surface area contributed by atoms with Gasteiger partial charge in [0.05, 0.1) is 6.54 Å². The fourth-order valence-electron chi connectivity index (χ4n) is 2.68. The number of nitrogens with one attached hydrogen (secondary N) is 1. The summed E-state index contributed by atoms with van der Waals surface area (Å²) in [4.78, 5) is 9.75.